The molecule has 0 N–H and O–H groups in total. The van der Waals surface area contributed by atoms with Crippen molar-refractivity contribution in [3.63, 3.8) is 0 Å². The Kier molecular flexibility index (Phi) is 2.69. The van der Waals surface area contributed by atoms with Crippen LogP contribution in [0.2, 0.25) is 0 Å². The van der Waals surface area contributed by atoms with Gasteiger partial charge in [-0.1, -0.05) is 13.3 Å². The Morgan fingerprint density at radius 1 is 1.18 bits per heavy atom. The summed E-state index contributed by atoms with van der Waals surface area (Å²) in [6, 6.07) is 0. The van der Waals surface area contributed by atoms with Crippen molar-refractivity contribution in [2.24, 2.45) is 16.7 Å². The predicted octanol–water partition coefficient (Wildman–Crippen LogP) is 2.12. The summed E-state index contributed by atoms with van der Waals surface area (Å²) in [5.41, 5.74) is 1.07. The number of rotatable bonds is 1. The topological polar surface area (TPSA) is 61.8 Å². The first-order chi connectivity index (χ1) is 10.4. The Bertz CT molecular complexity index is 633. The molecule has 5 atom stereocenters. The minimum absolute atomic E-state index is 0.0691. The number of methoxy groups -OCH3 is 1. The molecule has 118 valence electrons. The standard InChI is InChI=1S/C17H20O5/c1-16-5-4-6-17(2)13(16)11(21-15(17)19)7-9-10(16)8-12(18)22-14(9)20-3/h7-8,11,13-14H,4-6H2,1-3H3/t11-,13-,14-,16-,17+/m1/s1. The molecule has 2 heterocycles. The first-order valence-corrected chi connectivity index (χ1v) is 7.79. The summed E-state index contributed by atoms with van der Waals surface area (Å²) in [5.74, 6) is -0.429. The van der Waals surface area contributed by atoms with Crippen molar-refractivity contribution in [1.29, 1.82) is 0 Å². The molecular formula is C17H20O5. The smallest absolute Gasteiger partial charge is 0.333 e. The number of esters is 2. The van der Waals surface area contributed by atoms with Gasteiger partial charge in [-0.2, -0.15) is 0 Å². The maximum atomic E-state index is 12.4. The summed E-state index contributed by atoms with van der Waals surface area (Å²) in [7, 11) is 1.52. The fourth-order valence-electron chi connectivity index (χ4n) is 5.10. The maximum Gasteiger partial charge on any atom is 0.333 e. The quantitative estimate of drug-likeness (QED) is 0.694. The maximum absolute atomic E-state index is 12.4. The van der Waals surface area contributed by atoms with Crippen molar-refractivity contribution in [2.45, 2.75) is 45.5 Å². The lowest BCUT2D eigenvalue weighted by atomic mass is 9.50. The van der Waals surface area contributed by atoms with E-state index in [1.54, 1.807) is 6.08 Å². The van der Waals surface area contributed by atoms with Gasteiger partial charge in [-0.05, 0) is 31.4 Å². The highest BCUT2D eigenvalue weighted by molar-refractivity contribution is 5.87. The number of ether oxygens (including phenoxy) is 3. The summed E-state index contributed by atoms with van der Waals surface area (Å²) >= 11 is 0. The van der Waals surface area contributed by atoms with Gasteiger partial charge in [0.05, 0.1) is 5.41 Å². The molecule has 4 rings (SSSR count). The molecule has 0 bridgehead atoms. The molecule has 2 aliphatic carbocycles. The lowest BCUT2D eigenvalue weighted by Crippen LogP contribution is -2.51. The number of hydrogen-bond acceptors (Lipinski definition) is 5. The van der Waals surface area contributed by atoms with Gasteiger partial charge >= 0.3 is 11.9 Å². The van der Waals surface area contributed by atoms with Gasteiger partial charge in [-0.15, -0.1) is 0 Å². The van der Waals surface area contributed by atoms with Crippen LogP contribution in [0.5, 0.6) is 0 Å². The predicted molar refractivity (Wildman–Crippen MR) is 76.5 cm³/mol. The second kappa shape index (κ2) is 4.22. The molecule has 4 aliphatic rings. The highest BCUT2D eigenvalue weighted by atomic mass is 16.7. The monoisotopic (exact) mass is 304 g/mol. The third-order valence-corrected chi connectivity index (χ3v) is 6.03. The van der Waals surface area contributed by atoms with E-state index in [2.05, 4.69) is 6.92 Å². The Labute approximate surface area is 129 Å². The van der Waals surface area contributed by atoms with E-state index >= 15 is 0 Å². The van der Waals surface area contributed by atoms with E-state index in [4.69, 9.17) is 14.2 Å². The molecule has 2 aliphatic heterocycles. The zero-order valence-electron chi connectivity index (χ0n) is 13.0. The minimum Gasteiger partial charge on any atom is -0.457 e. The van der Waals surface area contributed by atoms with Crippen LogP contribution in [-0.2, 0) is 23.8 Å². The molecule has 1 saturated carbocycles. The van der Waals surface area contributed by atoms with E-state index < -0.39 is 11.7 Å². The van der Waals surface area contributed by atoms with Crippen molar-refractivity contribution < 1.29 is 23.8 Å². The number of cyclic esters (lactones) is 1. The summed E-state index contributed by atoms with van der Waals surface area (Å²) < 4.78 is 16.2. The molecule has 0 aromatic rings. The molecule has 0 aromatic carbocycles. The summed E-state index contributed by atoms with van der Waals surface area (Å²) in [5, 5.41) is 0. The molecule has 5 heteroatoms. The van der Waals surface area contributed by atoms with Crippen LogP contribution < -0.4 is 0 Å². The van der Waals surface area contributed by atoms with E-state index in [0.717, 1.165) is 30.4 Å². The van der Waals surface area contributed by atoms with Crippen molar-refractivity contribution in [1.82, 2.24) is 0 Å². The average Bonchev–Trinajstić information content (AvgIpc) is 2.72. The minimum atomic E-state index is -0.710. The van der Waals surface area contributed by atoms with Crippen LogP contribution in [0.3, 0.4) is 0 Å². The molecule has 0 radical (unpaired) electrons. The SMILES string of the molecule is CO[C@@H]1OC(=O)C=C2C1=C[C@H]1OC(=O)[C@@]3(C)CCC[C@@]2(C)[C@@H]13. The van der Waals surface area contributed by atoms with Crippen molar-refractivity contribution in [2.75, 3.05) is 7.11 Å². The van der Waals surface area contributed by atoms with E-state index in [-0.39, 0.29) is 29.4 Å². The number of carbonyl (C=O) groups excluding carboxylic acids is 2. The largest absolute Gasteiger partial charge is 0.457 e. The third-order valence-electron chi connectivity index (χ3n) is 6.03. The molecule has 0 unspecified atom stereocenters. The highest BCUT2D eigenvalue weighted by Gasteiger charge is 2.65. The Morgan fingerprint density at radius 3 is 2.64 bits per heavy atom. The van der Waals surface area contributed by atoms with Crippen LogP contribution in [0.4, 0.5) is 0 Å². The molecule has 5 nitrogen and oxygen atoms in total. The summed E-state index contributed by atoms with van der Waals surface area (Å²) in [4.78, 5) is 24.4. The first kappa shape index (κ1) is 14.0. The van der Waals surface area contributed by atoms with E-state index in [0.29, 0.717) is 0 Å². The Morgan fingerprint density at radius 2 is 1.91 bits per heavy atom. The van der Waals surface area contributed by atoms with Crippen molar-refractivity contribution in [3.8, 4) is 0 Å². The normalized spacial score (nSPS) is 46.0. The lowest BCUT2D eigenvalue weighted by Gasteiger charge is -2.52. The van der Waals surface area contributed by atoms with Gasteiger partial charge in [0.2, 0.25) is 6.29 Å². The zero-order valence-corrected chi connectivity index (χ0v) is 13.0. The molecule has 0 spiro atoms. The fraction of sp³-hybridized carbons (Fsp3) is 0.647. The van der Waals surface area contributed by atoms with E-state index in [1.165, 1.54) is 7.11 Å². The lowest BCUT2D eigenvalue weighted by molar-refractivity contribution is -0.163. The van der Waals surface area contributed by atoms with E-state index in [1.807, 2.05) is 13.0 Å². The Balaban J connectivity index is 1.92. The van der Waals surface area contributed by atoms with Gasteiger partial charge in [0.15, 0.2) is 0 Å². The molecule has 1 saturated heterocycles. The first-order valence-electron chi connectivity index (χ1n) is 7.79. The number of fused-ring (bicyclic) bond motifs is 2. The number of hydrogen-bond donors (Lipinski definition) is 0. The highest BCUT2D eigenvalue weighted by Crippen LogP contribution is 2.64. The van der Waals surface area contributed by atoms with Crippen LogP contribution >= 0.6 is 0 Å². The van der Waals surface area contributed by atoms with Gasteiger partial charge < -0.3 is 14.2 Å². The summed E-state index contributed by atoms with van der Waals surface area (Å²) in [6.07, 6.45) is 5.26. The van der Waals surface area contributed by atoms with Crippen LogP contribution in [-0.4, -0.2) is 31.4 Å². The van der Waals surface area contributed by atoms with Crippen LogP contribution in [0, 0.1) is 16.7 Å². The molecule has 22 heavy (non-hydrogen) atoms. The molecule has 0 aromatic heterocycles. The van der Waals surface area contributed by atoms with Gasteiger partial charge in [0.1, 0.15) is 6.10 Å². The number of carbonyl (C=O) groups is 2. The second-order valence-corrected chi connectivity index (χ2v) is 7.22. The Hall–Kier alpha value is -1.62. The van der Waals surface area contributed by atoms with Crippen LogP contribution in [0.25, 0.3) is 0 Å². The van der Waals surface area contributed by atoms with Gasteiger partial charge in [0.25, 0.3) is 0 Å². The zero-order chi connectivity index (χ0) is 15.7. The third kappa shape index (κ3) is 1.52. The van der Waals surface area contributed by atoms with E-state index in [9.17, 15) is 9.59 Å². The van der Waals surface area contributed by atoms with Crippen molar-refractivity contribution >= 4 is 11.9 Å². The van der Waals surface area contributed by atoms with Crippen LogP contribution in [0.15, 0.2) is 23.3 Å². The molecular weight excluding hydrogens is 284 g/mol. The van der Waals surface area contributed by atoms with Gasteiger partial charge in [-0.25, -0.2) is 4.79 Å². The van der Waals surface area contributed by atoms with Gasteiger partial charge in [0, 0.05) is 30.1 Å². The average molecular weight is 304 g/mol. The second-order valence-electron chi connectivity index (χ2n) is 7.22. The molecule has 2 fully saturated rings. The fourth-order valence-corrected chi connectivity index (χ4v) is 5.10. The summed E-state index contributed by atoms with van der Waals surface area (Å²) in [6.45, 7) is 4.15. The van der Waals surface area contributed by atoms with Gasteiger partial charge in [-0.3, -0.25) is 4.79 Å². The van der Waals surface area contributed by atoms with Crippen molar-refractivity contribution in [3.05, 3.63) is 23.3 Å². The van der Waals surface area contributed by atoms with Crippen LogP contribution in [0.1, 0.15) is 33.1 Å². The molecule has 0 amide bonds.